The predicted molar refractivity (Wildman–Crippen MR) is 71.7 cm³/mol. The van der Waals surface area contributed by atoms with Gasteiger partial charge in [-0.05, 0) is 43.7 Å². The first-order chi connectivity index (χ1) is 8.63. The summed E-state index contributed by atoms with van der Waals surface area (Å²) in [6.07, 6.45) is -0.504. The molecule has 1 amide bonds. The molecule has 0 atom stereocenters. The zero-order valence-corrected chi connectivity index (χ0v) is 10.1. The second kappa shape index (κ2) is 5.36. The monoisotopic (exact) mass is 240 g/mol. The summed E-state index contributed by atoms with van der Waals surface area (Å²) in [4.78, 5) is 11.6. The lowest BCUT2D eigenvalue weighted by molar-refractivity contribution is 0.215. The van der Waals surface area contributed by atoms with Crippen LogP contribution in [0.1, 0.15) is 11.1 Å². The average Bonchev–Trinajstić information content (AvgIpc) is 2.35. The molecule has 1 radical (unpaired) electrons. The van der Waals surface area contributed by atoms with Crippen LogP contribution in [0.4, 0.5) is 10.5 Å². The maximum Gasteiger partial charge on any atom is 0.417 e. The maximum absolute atomic E-state index is 11.6. The normalized spacial score (nSPS) is 9.89. The number of benzene rings is 2. The van der Waals surface area contributed by atoms with Crippen LogP contribution in [0.15, 0.2) is 48.5 Å². The fraction of sp³-hybridized carbons (Fsp3) is 0.0667. The van der Waals surface area contributed by atoms with Crippen molar-refractivity contribution in [2.45, 2.75) is 6.92 Å². The number of anilines is 1. The minimum Gasteiger partial charge on any atom is -0.410 e. The highest BCUT2D eigenvalue weighted by atomic mass is 16.6. The van der Waals surface area contributed by atoms with Crippen LogP contribution in [0.5, 0.6) is 5.75 Å². The molecule has 0 aliphatic rings. The van der Waals surface area contributed by atoms with Crippen LogP contribution in [0.2, 0.25) is 0 Å². The molecule has 2 aromatic rings. The van der Waals surface area contributed by atoms with Gasteiger partial charge in [-0.15, -0.1) is 0 Å². The zero-order valence-electron chi connectivity index (χ0n) is 10.1. The van der Waals surface area contributed by atoms with Gasteiger partial charge in [-0.2, -0.15) is 0 Å². The molecule has 0 aromatic heterocycles. The van der Waals surface area contributed by atoms with E-state index in [9.17, 15) is 4.79 Å². The molecule has 0 fully saturated rings. The molecule has 3 heteroatoms. The Kier molecular flexibility index (Phi) is 3.63. The molecular formula is C15H14NO2. The van der Waals surface area contributed by atoms with Gasteiger partial charge in [-0.25, -0.2) is 4.79 Å². The van der Waals surface area contributed by atoms with E-state index in [-0.39, 0.29) is 0 Å². The average molecular weight is 240 g/mol. The van der Waals surface area contributed by atoms with Crippen molar-refractivity contribution in [1.82, 2.24) is 0 Å². The second-order valence-corrected chi connectivity index (χ2v) is 4.02. The first-order valence-corrected chi connectivity index (χ1v) is 5.61. The van der Waals surface area contributed by atoms with Crippen molar-refractivity contribution >= 4 is 11.8 Å². The van der Waals surface area contributed by atoms with Crippen molar-refractivity contribution in [2.24, 2.45) is 0 Å². The van der Waals surface area contributed by atoms with Gasteiger partial charge in [0.25, 0.3) is 0 Å². The van der Waals surface area contributed by atoms with Gasteiger partial charge in [0, 0.05) is 5.69 Å². The molecule has 0 saturated heterocycles. The van der Waals surface area contributed by atoms with Crippen LogP contribution < -0.4 is 10.1 Å². The van der Waals surface area contributed by atoms with E-state index in [1.54, 1.807) is 24.3 Å². The SMILES string of the molecule is [CH2]c1ccc(NC(=O)Oc2ccc(C)cc2)cc1. The third-order valence-corrected chi connectivity index (χ3v) is 2.43. The largest absolute Gasteiger partial charge is 0.417 e. The van der Waals surface area contributed by atoms with E-state index in [1.807, 2.05) is 31.2 Å². The quantitative estimate of drug-likeness (QED) is 0.867. The number of amides is 1. The number of carbonyl (C=O) groups excluding carboxylic acids is 1. The Morgan fingerprint density at radius 2 is 1.67 bits per heavy atom. The zero-order chi connectivity index (χ0) is 13.0. The summed E-state index contributed by atoms with van der Waals surface area (Å²) in [5.41, 5.74) is 2.70. The third kappa shape index (κ3) is 3.35. The number of aryl methyl sites for hydroxylation is 1. The highest BCUT2D eigenvalue weighted by Gasteiger charge is 2.04. The number of rotatable bonds is 2. The summed E-state index contributed by atoms with van der Waals surface area (Å²) in [5, 5.41) is 2.64. The van der Waals surface area contributed by atoms with Gasteiger partial charge in [0.1, 0.15) is 5.75 Å². The van der Waals surface area contributed by atoms with Gasteiger partial charge in [0.15, 0.2) is 0 Å². The van der Waals surface area contributed by atoms with Crippen LogP contribution in [0.3, 0.4) is 0 Å². The molecule has 0 aliphatic heterocycles. The standard InChI is InChI=1S/C15H14NO2/c1-11-3-7-13(8-4-11)16-15(17)18-14-9-5-12(2)6-10-14/h3-10H,1H2,2H3,(H,16,17). The van der Waals surface area contributed by atoms with Crippen LogP contribution in [0, 0.1) is 13.8 Å². The Morgan fingerprint density at radius 1 is 1.06 bits per heavy atom. The van der Waals surface area contributed by atoms with Crippen molar-refractivity contribution in [3.8, 4) is 5.75 Å². The minimum atomic E-state index is -0.504. The van der Waals surface area contributed by atoms with Gasteiger partial charge < -0.3 is 4.74 Å². The molecule has 0 heterocycles. The fourth-order valence-electron chi connectivity index (χ4n) is 1.44. The van der Waals surface area contributed by atoms with Crippen molar-refractivity contribution in [3.63, 3.8) is 0 Å². The lowest BCUT2D eigenvalue weighted by Gasteiger charge is -2.07. The Labute approximate surface area is 106 Å². The van der Waals surface area contributed by atoms with E-state index in [1.165, 1.54) is 0 Å². The molecular weight excluding hydrogens is 226 g/mol. The Bertz CT molecular complexity index is 480. The summed E-state index contributed by atoms with van der Waals surface area (Å²) in [7, 11) is 0. The summed E-state index contributed by atoms with van der Waals surface area (Å²) in [6.45, 7) is 5.75. The molecule has 0 aliphatic carbocycles. The smallest absolute Gasteiger partial charge is 0.410 e. The Hall–Kier alpha value is -2.29. The molecule has 0 unspecified atom stereocenters. The van der Waals surface area contributed by atoms with Crippen molar-refractivity contribution in [2.75, 3.05) is 5.32 Å². The molecule has 18 heavy (non-hydrogen) atoms. The second-order valence-electron chi connectivity index (χ2n) is 4.02. The van der Waals surface area contributed by atoms with Crippen LogP contribution in [-0.2, 0) is 0 Å². The molecule has 2 aromatic carbocycles. The maximum atomic E-state index is 11.6. The highest BCUT2D eigenvalue weighted by Crippen LogP contribution is 2.13. The third-order valence-electron chi connectivity index (χ3n) is 2.43. The van der Waals surface area contributed by atoms with Gasteiger partial charge in [-0.1, -0.05) is 29.8 Å². The van der Waals surface area contributed by atoms with Crippen LogP contribution >= 0.6 is 0 Å². The fourth-order valence-corrected chi connectivity index (χ4v) is 1.44. The van der Waals surface area contributed by atoms with Crippen molar-refractivity contribution < 1.29 is 9.53 Å². The molecule has 3 nitrogen and oxygen atoms in total. The van der Waals surface area contributed by atoms with E-state index in [0.29, 0.717) is 11.4 Å². The van der Waals surface area contributed by atoms with Crippen molar-refractivity contribution in [1.29, 1.82) is 0 Å². The Morgan fingerprint density at radius 3 is 2.28 bits per heavy atom. The van der Waals surface area contributed by atoms with Crippen LogP contribution in [-0.4, -0.2) is 6.09 Å². The van der Waals surface area contributed by atoms with Crippen molar-refractivity contribution in [3.05, 3.63) is 66.6 Å². The van der Waals surface area contributed by atoms with Gasteiger partial charge in [-0.3, -0.25) is 5.32 Å². The van der Waals surface area contributed by atoms with Gasteiger partial charge >= 0.3 is 6.09 Å². The van der Waals surface area contributed by atoms with Gasteiger partial charge in [0.05, 0.1) is 0 Å². The number of hydrogen-bond donors (Lipinski definition) is 1. The van der Waals surface area contributed by atoms with E-state index >= 15 is 0 Å². The van der Waals surface area contributed by atoms with E-state index in [0.717, 1.165) is 11.1 Å². The predicted octanol–water partition coefficient (Wildman–Crippen LogP) is 3.79. The van der Waals surface area contributed by atoms with E-state index in [2.05, 4.69) is 12.2 Å². The Balaban J connectivity index is 1.96. The molecule has 0 saturated carbocycles. The highest BCUT2D eigenvalue weighted by molar-refractivity contribution is 5.86. The molecule has 0 bridgehead atoms. The molecule has 91 valence electrons. The number of ether oxygens (including phenoxy) is 1. The summed E-state index contributed by atoms with van der Waals surface area (Å²) in [5.74, 6) is 0.520. The summed E-state index contributed by atoms with van der Waals surface area (Å²) < 4.78 is 5.14. The summed E-state index contributed by atoms with van der Waals surface area (Å²) >= 11 is 0. The van der Waals surface area contributed by atoms with Gasteiger partial charge in [0.2, 0.25) is 0 Å². The summed E-state index contributed by atoms with van der Waals surface area (Å²) in [6, 6.07) is 14.5. The topological polar surface area (TPSA) is 38.3 Å². The molecule has 2 rings (SSSR count). The lowest BCUT2D eigenvalue weighted by Crippen LogP contribution is -2.16. The van der Waals surface area contributed by atoms with Crippen LogP contribution in [0.25, 0.3) is 0 Å². The molecule has 1 N–H and O–H groups in total. The lowest BCUT2D eigenvalue weighted by atomic mass is 10.2. The van der Waals surface area contributed by atoms with E-state index < -0.39 is 6.09 Å². The number of carbonyl (C=O) groups is 1. The minimum absolute atomic E-state index is 0.504. The number of hydrogen-bond acceptors (Lipinski definition) is 2. The first kappa shape index (κ1) is 12.2. The van der Waals surface area contributed by atoms with E-state index in [4.69, 9.17) is 4.74 Å². The molecule has 0 spiro atoms. The number of nitrogens with one attached hydrogen (secondary N) is 1. The first-order valence-electron chi connectivity index (χ1n) is 5.61.